The van der Waals surface area contributed by atoms with Crippen LogP contribution in [0.3, 0.4) is 0 Å². The van der Waals surface area contributed by atoms with Gasteiger partial charge in [-0.1, -0.05) is 18.6 Å². The molecular formula is C13H15F4N. The monoisotopic (exact) mass is 261 g/mol. The smallest absolute Gasteiger partial charge is 0.302 e. The van der Waals surface area contributed by atoms with Gasteiger partial charge in [0, 0.05) is 6.54 Å². The Labute approximate surface area is 103 Å². The van der Waals surface area contributed by atoms with E-state index in [0.717, 1.165) is 6.42 Å². The van der Waals surface area contributed by atoms with Crippen molar-refractivity contribution in [3.63, 3.8) is 0 Å². The molecule has 1 atom stereocenters. The van der Waals surface area contributed by atoms with E-state index in [1.807, 2.05) is 0 Å². The Morgan fingerprint density at radius 2 is 1.78 bits per heavy atom. The van der Waals surface area contributed by atoms with Gasteiger partial charge in [-0.2, -0.15) is 13.2 Å². The van der Waals surface area contributed by atoms with Gasteiger partial charge in [-0.15, -0.1) is 0 Å². The maximum Gasteiger partial charge on any atom is 0.404 e. The number of rotatable bonds is 4. The number of benzene rings is 1. The fraction of sp³-hybridized carbons (Fsp3) is 0.538. The minimum Gasteiger partial charge on any atom is -0.302 e. The van der Waals surface area contributed by atoms with Crippen LogP contribution >= 0.6 is 0 Å². The molecule has 1 saturated carbocycles. The predicted molar refractivity (Wildman–Crippen MR) is 60.4 cm³/mol. The Bertz CT molecular complexity index is 381. The van der Waals surface area contributed by atoms with E-state index in [4.69, 9.17) is 0 Å². The summed E-state index contributed by atoms with van der Waals surface area (Å²) in [5.74, 6) is -0.699. The number of hydrogen-bond acceptors (Lipinski definition) is 1. The minimum absolute atomic E-state index is 0.112. The summed E-state index contributed by atoms with van der Waals surface area (Å²) in [7, 11) is 0. The normalized spacial score (nSPS) is 18.4. The van der Waals surface area contributed by atoms with Crippen molar-refractivity contribution < 1.29 is 17.6 Å². The highest BCUT2D eigenvalue weighted by Crippen LogP contribution is 2.37. The van der Waals surface area contributed by atoms with Crippen LogP contribution in [-0.4, -0.2) is 12.2 Å². The third-order valence-electron chi connectivity index (χ3n) is 3.41. The molecule has 18 heavy (non-hydrogen) atoms. The van der Waals surface area contributed by atoms with Gasteiger partial charge in [-0.25, -0.2) is 4.39 Å². The third-order valence-corrected chi connectivity index (χ3v) is 3.41. The first kappa shape index (κ1) is 13.3. The van der Waals surface area contributed by atoms with Gasteiger partial charge in [0.05, 0.1) is 0 Å². The highest BCUT2D eigenvalue weighted by molar-refractivity contribution is 5.16. The summed E-state index contributed by atoms with van der Waals surface area (Å²) in [6, 6.07) is 4.05. The molecule has 0 heterocycles. The van der Waals surface area contributed by atoms with E-state index in [0.29, 0.717) is 18.4 Å². The quantitative estimate of drug-likeness (QED) is 0.816. The number of nitrogens with one attached hydrogen (secondary N) is 1. The lowest BCUT2D eigenvalue weighted by Gasteiger charge is -2.35. The largest absolute Gasteiger partial charge is 0.404 e. The van der Waals surface area contributed by atoms with Crippen molar-refractivity contribution in [2.75, 3.05) is 0 Å². The zero-order valence-corrected chi connectivity index (χ0v) is 9.80. The first-order valence-corrected chi connectivity index (χ1v) is 6.01. The van der Waals surface area contributed by atoms with Crippen molar-refractivity contribution in [3.05, 3.63) is 35.6 Å². The van der Waals surface area contributed by atoms with Gasteiger partial charge in [0.2, 0.25) is 0 Å². The molecule has 1 aromatic rings. The maximum atomic E-state index is 12.8. The molecule has 1 N–H and O–H groups in total. The standard InChI is InChI=1S/C13H15F4N/c14-11-6-4-9(5-7-11)8-18-12(13(15,16)17)10-2-1-3-10/h4-7,10,12,18H,1-3,8H2/t12-/m0/s1. The predicted octanol–water partition coefficient (Wildman–Crippen LogP) is 3.65. The van der Waals surface area contributed by atoms with Crippen LogP contribution in [0, 0.1) is 11.7 Å². The van der Waals surface area contributed by atoms with Crippen LogP contribution in [0.15, 0.2) is 24.3 Å². The molecule has 2 rings (SSSR count). The molecule has 100 valence electrons. The van der Waals surface area contributed by atoms with Crippen LogP contribution in [-0.2, 0) is 6.54 Å². The summed E-state index contributed by atoms with van der Waals surface area (Å²) in [6.45, 7) is 0.112. The summed E-state index contributed by atoms with van der Waals surface area (Å²) in [6.07, 6.45) is -2.10. The third kappa shape index (κ3) is 3.22. The lowest BCUT2D eigenvalue weighted by atomic mass is 9.79. The van der Waals surface area contributed by atoms with Crippen LogP contribution < -0.4 is 5.32 Å². The Morgan fingerprint density at radius 1 is 1.17 bits per heavy atom. The first-order valence-electron chi connectivity index (χ1n) is 6.01. The Balaban J connectivity index is 1.95. The average molecular weight is 261 g/mol. The maximum absolute atomic E-state index is 12.8. The molecular weight excluding hydrogens is 246 g/mol. The van der Waals surface area contributed by atoms with E-state index in [9.17, 15) is 17.6 Å². The molecule has 1 aliphatic carbocycles. The van der Waals surface area contributed by atoms with Crippen molar-refractivity contribution in [3.8, 4) is 0 Å². The minimum atomic E-state index is -4.22. The Hall–Kier alpha value is -1.10. The van der Waals surface area contributed by atoms with E-state index in [1.54, 1.807) is 0 Å². The topological polar surface area (TPSA) is 12.0 Å². The van der Waals surface area contributed by atoms with Crippen LogP contribution in [0.2, 0.25) is 0 Å². The second kappa shape index (κ2) is 5.26. The van der Waals surface area contributed by atoms with Gasteiger partial charge in [-0.3, -0.25) is 0 Å². The van der Waals surface area contributed by atoms with Gasteiger partial charge in [0.1, 0.15) is 11.9 Å². The second-order valence-corrected chi connectivity index (χ2v) is 4.72. The Kier molecular flexibility index (Phi) is 3.90. The fourth-order valence-corrected chi connectivity index (χ4v) is 2.15. The van der Waals surface area contributed by atoms with E-state index >= 15 is 0 Å². The lowest BCUT2D eigenvalue weighted by Crippen LogP contribution is -2.49. The SMILES string of the molecule is Fc1ccc(CN[C@@H](C2CCC2)C(F)(F)F)cc1. The first-order chi connectivity index (χ1) is 8.47. The summed E-state index contributed by atoms with van der Waals surface area (Å²) < 4.78 is 51.2. The molecule has 0 spiro atoms. The van der Waals surface area contributed by atoms with Crippen molar-refractivity contribution in [1.29, 1.82) is 0 Å². The van der Waals surface area contributed by atoms with Crippen molar-refractivity contribution in [1.82, 2.24) is 5.32 Å². The summed E-state index contributed by atoms with van der Waals surface area (Å²) >= 11 is 0. The van der Waals surface area contributed by atoms with Gasteiger partial charge in [-0.05, 0) is 36.5 Å². The number of hydrogen-bond donors (Lipinski definition) is 1. The molecule has 0 saturated heterocycles. The van der Waals surface area contributed by atoms with Gasteiger partial charge < -0.3 is 5.32 Å². The molecule has 0 unspecified atom stereocenters. The number of alkyl halides is 3. The van der Waals surface area contributed by atoms with Gasteiger partial charge in [0.25, 0.3) is 0 Å². The lowest BCUT2D eigenvalue weighted by molar-refractivity contribution is -0.174. The molecule has 0 aromatic heterocycles. The molecule has 5 heteroatoms. The van der Waals surface area contributed by atoms with E-state index < -0.39 is 12.2 Å². The zero-order valence-electron chi connectivity index (χ0n) is 9.80. The molecule has 0 bridgehead atoms. The van der Waals surface area contributed by atoms with Crippen molar-refractivity contribution >= 4 is 0 Å². The molecule has 0 amide bonds. The highest BCUT2D eigenvalue weighted by atomic mass is 19.4. The van der Waals surface area contributed by atoms with E-state index in [-0.39, 0.29) is 18.3 Å². The van der Waals surface area contributed by atoms with E-state index in [2.05, 4.69) is 5.32 Å². The Morgan fingerprint density at radius 3 is 2.22 bits per heavy atom. The van der Waals surface area contributed by atoms with Crippen LogP contribution in [0.5, 0.6) is 0 Å². The summed E-state index contributed by atoms with van der Waals surface area (Å²) in [5, 5.41) is 2.55. The average Bonchev–Trinajstić information content (AvgIpc) is 2.22. The van der Waals surface area contributed by atoms with Crippen molar-refractivity contribution in [2.45, 2.75) is 38.0 Å². The van der Waals surface area contributed by atoms with Crippen LogP contribution in [0.4, 0.5) is 17.6 Å². The summed E-state index contributed by atoms with van der Waals surface area (Å²) in [4.78, 5) is 0. The number of halogens is 4. The van der Waals surface area contributed by atoms with Crippen LogP contribution in [0.25, 0.3) is 0 Å². The zero-order chi connectivity index (χ0) is 13.2. The molecule has 1 nitrogen and oxygen atoms in total. The highest BCUT2D eigenvalue weighted by Gasteiger charge is 2.45. The summed E-state index contributed by atoms with van der Waals surface area (Å²) in [5.41, 5.74) is 0.657. The molecule has 0 radical (unpaired) electrons. The van der Waals surface area contributed by atoms with Crippen LogP contribution in [0.1, 0.15) is 24.8 Å². The molecule has 0 aliphatic heterocycles. The van der Waals surface area contributed by atoms with Gasteiger partial charge in [0.15, 0.2) is 0 Å². The van der Waals surface area contributed by atoms with Crippen molar-refractivity contribution in [2.24, 2.45) is 5.92 Å². The molecule has 1 aliphatic rings. The van der Waals surface area contributed by atoms with Gasteiger partial charge >= 0.3 is 6.18 Å². The van der Waals surface area contributed by atoms with E-state index in [1.165, 1.54) is 24.3 Å². The fourth-order valence-electron chi connectivity index (χ4n) is 2.15. The second-order valence-electron chi connectivity index (χ2n) is 4.72. The molecule has 1 aromatic carbocycles. The molecule has 1 fully saturated rings.